The molecule has 5 heteroatoms. The number of para-hydroxylation sites is 1. The summed E-state index contributed by atoms with van der Waals surface area (Å²) in [5, 5.41) is 0. The van der Waals surface area contributed by atoms with Gasteiger partial charge in [0.05, 0.1) is 7.57 Å². The van der Waals surface area contributed by atoms with Gasteiger partial charge in [0.25, 0.3) is 0 Å². The van der Waals surface area contributed by atoms with Crippen LogP contribution in [0.5, 0.6) is 0 Å². The summed E-state index contributed by atoms with van der Waals surface area (Å²) < 4.78 is 7.52. The third kappa shape index (κ3) is 3.31. The second-order valence-corrected chi connectivity index (χ2v) is 3.96. The van der Waals surface area contributed by atoms with E-state index in [0.717, 1.165) is 12.2 Å². The monoisotopic (exact) mass is 282 g/mol. The van der Waals surface area contributed by atoms with Crippen LogP contribution in [0.1, 0.15) is 22.1 Å². The molecule has 0 atom stereocenters. The number of hydrogen-bond donors (Lipinski definition) is 0. The van der Waals surface area contributed by atoms with Gasteiger partial charge in [-0.25, -0.2) is 15.0 Å². The Morgan fingerprint density at radius 1 is 1.10 bits per heavy atom. The van der Waals surface area contributed by atoms with E-state index in [0.29, 0.717) is 17.1 Å². The molecule has 0 amide bonds. The van der Waals surface area contributed by atoms with Gasteiger partial charge in [-0.15, -0.1) is 0 Å². The van der Waals surface area contributed by atoms with Crippen molar-refractivity contribution in [3.8, 4) is 0 Å². The van der Waals surface area contributed by atoms with E-state index in [4.69, 9.17) is 1.37 Å². The molecule has 0 bridgehead atoms. The fraction of sp³-hybridized carbons (Fsp3) is 0.250. The average molecular weight is 282 g/mol. The van der Waals surface area contributed by atoms with Crippen LogP contribution < -0.4 is 4.90 Å². The summed E-state index contributed by atoms with van der Waals surface area (Å²) in [6, 6.07) is 9.92. The summed E-state index contributed by atoms with van der Waals surface area (Å²) in [4.78, 5) is 18.9. The molecule has 2 heterocycles. The first-order chi connectivity index (χ1) is 10.8. The van der Waals surface area contributed by atoms with Crippen molar-refractivity contribution >= 4 is 22.8 Å². The molecule has 0 saturated carbocycles. The summed E-state index contributed by atoms with van der Waals surface area (Å²) in [6.45, 7) is 6.77. The molecule has 0 aliphatic rings. The van der Waals surface area contributed by atoms with E-state index in [9.17, 15) is 0 Å². The molecule has 0 aliphatic heterocycles. The fourth-order valence-corrected chi connectivity index (χ4v) is 1.90. The highest BCUT2D eigenvalue weighted by molar-refractivity contribution is 5.70. The molecule has 3 aromatic rings. The first-order valence-corrected chi connectivity index (χ1v) is 7.07. The SMILES string of the molecule is CC.[2H]c1cnc2cnc(N(CC)c3ccccc3)nc2n1. The lowest BCUT2D eigenvalue weighted by Gasteiger charge is -2.20. The van der Waals surface area contributed by atoms with Crippen molar-refractivity contribution in [2.24, 2.45) is 0 Å². The second kappa shape index (κ2) is 7.28. The summed E-state index contributed by atoms with van der Waals surface area (Å²) in [7, 11) is 0. The number of benzene rings is 1. The maximum atomic E-state index is 7.52. The standard InChI is InChI=1S/C14H13N5.C2H6/c1-2-19(11-6-4-3-5-7-11)14-17-10-12-13(18-14)16-9-8-15-12;1-2/h3-10H,2H2,1H3;1-2H3/i9D;. The minimum Gasteiger partial charge on any atom is -0.311 e. The molecule has 3 rings (SSSR count). The van der Waals surface area contributed by atoms with Crippen LogP contribution >= 0.6 is 0 Å². The minimum atomic E-state index is 0.102. The number of rotatable bonds is 3. The lowest BCUT2D eigenvalue weighted by Crippen LogP contribution is -2.18. The predicted octanol–water partition coefficient (Wildman–Crippen LogP) is 3.60. The van der Waals surface area contributed by atoms with E-state index in [1.165, 1.54) is 6.20 Å². The lowest BCUT2D eigenvalue weighted by molar-refractivity contribution is 0.951. The van der Waals surface area contributed by atoms with Crippen LogP contribution in [0, 0.1) is 0 Å². The van der Waals surface area contributed by atoms with Gasteiger partial charge in [-0.3, -0.25) is 0 Å². The summed E-state index contributed by atoms with van der Waals surface area (Å²) in [5.41, 5.74) is 2.05. The van der Waals surface area contributed by atoms with E-state index in [1.54, 1.807) is 6.20 Å². The van der Waals surface area contributed by atoms with E-state index in [-0.39, 0.29) is 6.17 Å². The zero-order valence-electron chi connectivity index (χ0n) is 13.5. The maximum Gasteiger partial charge on any atom is 0.232 e. The van der Waals surface area contributed by atoms with Gasteiger partial charge in [-0.1, -0.05) is 32.0 Å². The van der Waals surface area contributed by atoms with Crippen molar-refractivity contribution in [3.63, 3.8) is 0 Å². The Morgan fingerprint density at radius 3 is 2.57 bits per heavy atom. The third-order valence-electron chi connectivity index (χ3n) is 2.79. The molecule has 108 valence electrons. The molecule has 21 heavy (non-hydrogen) atoms. The largest absolute Gasteiger partial charge is 0.311 e. The lowest BCUT2D eigenvalue weighted by atomic mass is 10.3. The van der Waals surface area contributed by atoms with Crippen LogP contribution in [0.15, 0.2) is 48.9 Å². The van der Waals surface area contributed by atoms with Gasteiger partial charge in [0.1, 0.15) is 5.52 Å². The number of nitrogens with zero attached hydrogens (tertiary/aromatic N) is 5. The summed E-state index contributed by atoms with van der Waals surface area (Å²) in [6.07, 6.45) is 3.13. The molecule has 0 aliphatic carbocycles. The van der Waals surface area contributed by atoms with Crippen LogP contribution in [-0.2, 0) is 0 Å². The van der Waals surface area contributed by atoms with Crippen LogP contribution in [0.4, 0.5) is 11.6 Å². The first-order valence-electron chi connectivity index (χ1n) is 7.57. The van der Waals surface area contributed by atoms with Crippen molar-refractivity contribution in [1.29, 1.82) is 0 Å². The molecule has 0 N–H and O–H groups in total. The number of fused-ring (bicyclic) bond motifs is 1. The number of anilines is 2. The molecule has 2 aromatic heterocycles. The van der Waals surface area contributed by atoms with E-state index < -0.39 is 0 Å². The Kier molecular flexibility index (Phi) is 4.66. The fourth-order valence-electron chi connectivity index (χ4n) is 1.90. The number of aromatic nitrogens is 4. The van der Waals surface area contributed by atoms with Crippen molar-refractivity contribution in [1.82, 2.24) is 19.9 Å². The Hall–Kier alpha value is -2.56. The molecule has 5 nitrogen and oxygen atoms in total. The smallest absolute Gasteiger partial charge is 0.232 e. The molecule has 0 fully saturated rings. The molecular formula is C16H19N5. The van der Waals surface area contributed by atoms with Gasteiger partial charge in [0, 0.05) is 24.6 Å². The Morgan fingerprint density at radius 2 is 1.86 bits per heavy atom. The first kappa shape index (κ1) is 13.4. The zero-order chi connectivity index (χ0) is 15.9. The van der Waals surface area contributed by atoms with Crippen molar-refractivity contribution in [2.75, 3.05) is 11.4 Å². The van der Waals surface area contributed by atoms with Gasteiger partial charge >= 0.3 is 0 Å². The van der Waals surface area contributed by atoms with Crippen molar-refractivity contribution in [2.45, 2.75) is 20.8 Å². The highest BCUT2D eigenvalue weighted by Gasteiger charge is 2.10. The van der Waals surface area contributed by atoms with Crippen molar-refractivity contribution < 1.29 is 1.37 Å². The van der Waals surface area contributed by atoms with Gasteiger partial charge in [-0.2, -0.15) is 4.98 Å². The molecular weight excluding hydrogens is 262 g/mol. The molecule has 1 aromatic carbocycles. The topological polar surface area (TPSA) is 54.8 Å². The van der Waals surface area contributed by atoms with Gasteiger partial charge in [0.15, 0.2) is 5.65 Å². The normalized spacial score (nSPS) is 10.5. The minimum absolute atomic E-state index is 0.102. The second-order valence-electron chi connectivity index (χ2n) is 3.96. The van der Waals surface area contributed by atoms with Crippen LogP contribution in [0.2, 0.25) is 0 Å². The molecule has 0 spiro atoms. The van der Waals surface area contributed by atoms with E-state index >= 15 is 0 Å². The summed E-state index contributed by atoms with van der Waals surface area (Å²) in [5.74, 6) is 0.561. The van der Waals surface area contributed by atoms with Crippen LogP contribution in [-0.4, -0.2) is 26.5 Å². The Bertz CT molecular complexity index is 733. The van der Waals surface area contributed by atoms with Gasteiger partial charge in [0.2, 0.25) is 5.95 Å². The Labute approximate surface area is 126 Å². The number of hydrogen-bond acceptors (Lipinski definition) is 5. The van der Waals surface area contributed by atoms with Crippen LogP contribution in [0.25, 0.3) is 11.2 Å². The zero-order valence-corrected chi connectivity index (χ0v) is 12.5. The quantitative estimate of drug-likeness (QED) is 0.734. The predicted molar refractivity (Wildman–Crippen MR) is 85.6 cm³/mol. The molecule has 0 radical (unpaired) electrons. The van der Waals surface area contributed by atoms with Gasteiger partial charge < -0.3 is 4.90 Å². The van der Waals surface area contributed by atoms with E-state index in [2.05, 4.69) is 19.9 Å². The maximum absolute atomic E-state index is 7.52. The average Bonchev–Trinajstić information content (AvgIpc) is 2.58. The third-order valence-corrected chi connectivity index (χ3v) is 2.79. The molecule has 0 unspecified atom stereocenters. The van der Waals surface area contributed by atoms with Crippen molar-refractivity contribution in [3.05, 3.63) is 48.9 Å². The highest BCUT2D eigenvalue weighted by Crippen LogP contribution is 2.21. The summed E-state index contributed by atoms with van der Waals surface area (Å²) >= 11 is 0. The highest BCUT2D eigenvalue weighted by atomic mass is 15.3. The van der Waals surface area contributed by atoms with E-state index in [1.807, 2.05) is 56.0 Å². The van der Waals surface area contributed by atoms with Gasteiger partial charge in [-0.05, 0) is 19.1 Å². The Balaban J connectivity index is 0.000000847. The molecule has 0 saturated heterocycles. The van der Waals surface area contributed by atoms with Crippen LogP contribution in [0.3, 0.4) is 0 Å².